The average molecular weight is 234 g/mol. The van der Waals surface area contributed by atoms with Crippen molar-refractivity contribution in [3.05, 3.63) is 0 Å². The summed E-state index contributed by atoms with van der Waals surface area (Å²) in [6, 6.07) is 0. The number of hydrogen-bond acceptors (Lipinski definition) is 3. The highest BCUT2D eigenvalue weighted by Gasteiger charge is 2.50. The third-order valence-corrected chi connectivity index (χ3v) is 5.69. The molecule has 0 aliphatic carbocycles. The van der Waals surface area contributed by atoms with Gasteiger partial charge < -0.3 is 0 Å². The van der Waals surface area contributed by atoms with E-state index in [1.165, 1.54) is 0 Å². The smallest absolute Gasteiger partial charge is 0.263 e. The van der Waals surface area contributed by atoms with Crippen LogP contribution in [0.25, 0.3) is 0 Å². The average Bonchev–Trinajstić information content (AvgIpc) is 2.23. The minimum Gasteiger partial charge on any atom is -0.263 e. The third-order valence-electron chi connectivity index (χ3n) is 3.69. The second-order valence-electron chi connectivity index (χ2n) is 5.26. The molecule has 0 spiro atoms. The first kappa shape index (κ1) is 13.0. The first-order valence-corrected chi connectivity index (χ1v) is 7.12. The van der Waals surface area contributed by atoms with Crippen molar-refractivity contribution in [3.63, 3.8) is 0 Å². The Morgan fingerprint density at radius 2 is 1.93 bits per heavy atom. The van der Waals surface area contributed by atoms with E-state index in [4.69, 9.17) is 4.18 Å². The van der Waals surface area contributed by atoms with Crippen molar-refractivity contribution in [3.8, 4) is 0 Å². The lowest BCUT2D eigenvalue weighted by atomic mass is 9.86. The van der Waals surface area contributed by atoms with Crippen molar-refractivity contribution < 1.29 is 12.6 Å². The maximum atomic E-state index is 11.8. The fourth-order valence-corrected chi connectivity index (χ4v) is 4.29. The molecule has 3 unspecified atom stereocenters. The molecule has 90 valence electrons. The van der Waals surface area contributed by atoms with Crippen LogP contribution in [0.3, 0.4) is 0 Å². The maximum absolute atomic E-state index is 11.8. The summed E-state index contributed by atoms with van der Waals surface area (Å²) >= 11 is 0. The monoisotopic (exact) mass is 234 g/mol. The molecule has 3 nitrogen and oxygen atoms in total. The lowest BCUT2D eigenvalue weighted by molar-refractivity contribution is 0.0935. The van der Waals surface area contributed by atoms with Gasteiger partial charge in [-0.3, -0.25) is 4.18 Å². The molecule has 0 amide bonds. The lowest BCUT2D eigenvalue weighted by Gasteiger charge is -2.23. The number of rotatable bonds is 3. The van der Waals surface area contributed by atoms with E-state index in [2.05, 4.69) is 13.8 Å². The first-order chi connectivity index (χ1) is 6.70. The Morgan fingerprint density at radius 1 is 1.40 bits per heavy atom. The van der Waals surface area contributed by atoms with Crippen LogP contribution >= 0.6 is 0 Å². The lowest BCUT2D eigenvalue weighted by Crippen LogP contribution is -2.30. The van der Waals surface area contributed by atoms with Crippen LogP contribution < -0.4 is 0 Å². The molecule has 1 rings (SSSR count). The standard InChI is InChI=1S/C11H22O3S/c1-6-8(2)7-10-9(3)11(4,5)14-15(10,12)13/h8-10H,6-7H2,1-5H3. The number of hydrogen-bond donors (Lipinski definition) is 0. The van der Waals surface area contributed by atoms with Gasteiger partial charge in [0, 0.05) is 5.92 Å². The summed E-state index contributed by atoms with van der Waals surface area (Å²) in [6.45, 7) is 9.85. The van der Waals surface area contributed by atoms with Gasteiger partial charge in [-0.2, -0.15) is 8.42 Å². The molecule has 0 saturated carbocycles. The normalized spacial score (nSPS) is 35.3. The largest absolute Gasteiger partial charge is 0.271 e. The molecule has 1 aliphatic rings. The SMILES string of the molecule is CCC(C)CC1C(C)C(C)(C)OS1(=O)=O. The second-order valence-corrected chi connectivity index (χ2v) is 7.01. The predicted octanol–water partition coefficient (Wildman–Crippen LogP) is 2.57. The van der Waals surface area contributed by atoms with E-state index in [1.807, 2.05) is 20.8 Å². The Hall–Kier alpha value is -0.0900. The van der Waals surface area contributed by atoms with Gasteiger partial charge in [0.15, 0.2) is 0 Å². The zero-order chi connectivity index (χ0) is 11.9. The maximum Gasteiger partial charge on any atom is 0.271 e. The zero-order valence-corrected chi connectivity index (χ0v) is 11.1. The highest BCUT2D eigenvalue weighted by atomic mass is 32.2. The molecule has 1 saturated heterocycles. The minimum absolute atomic E-state index is 0.0662. The zero-order valence-electron chi connectivity index (χ0n) is 10.3. The Morgan fingerprint density at radius 3 is 2.27 bits per heavy atom. The van der Waals surface area contributed by atoms with Gasteiger partial charge in [0.05, 0.1) is 10.9 Å². The van der Waals surface area contributed by atoms with Gasteiger partial charge in [-0.1, -0.05) is 27.2 Å². The fourth-order valence-electron chi connectivity index (χ4n) is 2.02. The molecular weight excluding hydrogens is 212 g/mol. The van der Waals surface area contributed by atoms with Gasteiger partial charge in [-0.25, -0.2) is 0 Å². The van der Waals surface area contributed by atoms with Crippen molar-refractivity contribution in [1.82, 2.24) is 0 Å². The van der Waals surface area contributed by atoms with Crippen LogP contribution in [0, 0.1) is 11.8 Å². The van der Waals surface area contributed by atoms with E-state index in [1.54, 1.807) is 0 Å². The van der Waals surface area contributed by atoms with Crippen molar-refractivity contribution in [2.45, 2.75) is 58.3 Å². The molecule has 0 aromatic carbocycles. The quantitative estimate of drug-likeness (QED) is 0.705. The molecule has 1 fully saturated rings. The molecule has 15 heavy (non-hydrogen) atoms. The molecule has 4 heteroatoms. The van der Waals surface area contributed by atoms with Gasteiger partial charge in [-0.05, 0) is 26.2 Å². The molecule has 0 radical (unpaired) electrons. The van der Waals surface area contributed by atoms with E-state index in [9.17, 15) is 8.42 Å². The van der Waals surface area contributed by atoms with Crippen LogP contribution in [0.4, 0.5) is 0 Å². The summed E-state index contributed by atoms with van der Waals surface area (Å²) in [5.41, 5.74) is -0.545. The first-order valence-electron chi connectivity index (χ1n) is 5.65. The minimum atomic E-state index is -3.35. The molecule has 0 bridgehead atoms. The van der Waals surface area contributed by atoms with Crippen LogP contribution in [0.2, 0.25) is 0 Å². The van der Waals surface area contributed by atoms with Crippen molar-refractivity contribution in [2.24, 2.45) is 11.8 Å². The van der Waals surface area contributed by atoms with Crippen molar-refractivity contribution in [1.29, 1.82) is 0 Å². The summed E-state index contributed by atoms with van der Waals surface area (Å²) in [6.07, 6.45) is 1.72. The van der Waals surface area contributed by atoms with Crippen LogP contribution in [-0.2, 0) is 14.3 Å². The van der Waals surface area contributed by atoms with Crippen molar-refractivity contribution >= 4 is 10.1 Å². The van der Waals surface area contributed by atoms with Gasteiger partial charge in [-0.15, -0.1) is 0 Å². The van der Waals surface area contributed by atoms with Crippen LogP contribution in [0.5, 0.6) is 0 Å². The summed E-state index contributed by atoms with van der Waals surface area (Å²) in [7, 11) is -3.35. The molecule has 1 aliphatic heterocycles. The van der Waals surface area contributed by atoms with Crippen LogP contribution in [-0.4, -0.2) is 19.3 Å². The van der Waals surface area contributed by atoms with E-state index >= 15 is 0 Å². The van der Waals surface area contributed by atoms with Gasteiger partial charge in [0.25, 0.3) is 10.1 Å². The van der Waals surface area contributed by atoms with Gasteiger partial charge in [0.2, 0.25) is 0 Å². The summed E-state index contributed by atoms with van der Waals surface area (Å²) in [5.74, 6) is 0.501. The van der Waals surface area contributed by atoms with E-state index in [0.717, 1.165) is 6.42 Å². The molecule has 3 atom stereocenters. The van der Waals surface area contributed by atoms with Crippen molar-refractivity contribution in [2.75, 3.05) is 0 Å². The topological polar surface area (TPSA) is 43.4 Å². The molecular formula is C11H22O3S. The highest BCUT2D eigenvalue weighted by Crippen LogP contribution is 2.41. The molecule has 1 heterocycles. The Balaban J connectivity index is 2.88. The summed E-state index contributed by atoms with van der Waals surface area (Å²) in [5, 5.41) is -0.331. The van der Waals surface area contributed by atoms with Crippen LogP contribution in [0.1, 0.15) is 47.5 Å². The van der Waals surface area contributed by atoms with E-state index in [-0.39, 0.29) is 11.2 Å². The highest BCUT2D eigenvalue weighted by molar-refractivity contribution is 7.87. The third kappa shape index (κ3) is 2.53. The molecule has 0 aromatic heterocycles. The van der Waals surface area contributed by atoms with Gasteiger partial charge in [0.1, 0.15) is 0 Å². The van der Waals surface area contributed by atoms with Crippen LogP contribution in [0.15, 0.2) is 0 Å². The van der Waals surface area contributed by atoms with E-state index in [0.29, 0.717) is 12.3 Å². The van der Waals surface area contributed by atoms with E-state index < -0.39 is 15.7 Å². The summed E-state index contributed by atoms with van der Waals surface area (Å²) < 4.78 is 28.8. The van der Waals surface area contributed by atoms with Gasteiger partial charge >= 0.3 is 0 Å². The second kappa shape index (κ2) is 4.06. The Bertz CT molecular complexity index is 319. The fraction of sp³-hybridized carbons (Fsp3) is 1.00. The Labute approximate surface area is 93.3 Å². The molecule has 0 N–H and O–H groups in total. The summed E-state index contributed by atoms with van der Waals surface area (Å²) in [4.78, 5) is 0. The predicted molar refractivity (Wildman–Crippen MR) is 61.1 cm³/mol. The Kier molecular flexibility index (Phi) is 3.51. The molecule has 0 aromatic rings.